The topological polar surface area (TPSA) is 177 Å². The van der Waals surface area contributed by atoms with Gasteiger partial charge in [0.2, 0.25) is 11.5 Å². The van der Waals surface area contributed by atoms with Crippen molar-refractivity contribution < 1.29 is 33.3 Å². The predicted molar refractivity (Wildman–Crippen MR) is 120 cm³/mol. The molecule has 14 heteroatoms. The van der Waals surface area contributed by atoms with Crippen molar-refractivity contribution in [2.45, 2.75) is 25.6 Å². The second-order valence-electron chi connectivity index (χ2n) is 8.36. The number of H-pyrrole nitrogens is 1. The number of aromatic nitrogens is 4. The zero-order chi connectivity index (χ0) is 25.4. The van der Waals surface area contributed by atoms with Crippen molar-refractivity contribution in [2.24, 2.45) is 0 Å². The fraction of sp³-hybridized carbons (Fsp3) is 0.273. The first kappa shape index (κ1) is 23.2. The van der Waals surface area contributed by atoms with Crippen LogP contribution >= 0.6 is 0 Å². The molecular weight excluding hydrogens is 475 g/mol. The number of hydrogen-bond donors (Lipinski definition) is 5. The molecule has 0 aliphatic carbocycles. The Morgan fingerprint density at radius 3 is 2.86 bits per heavy atom. The van der Waals surface area contributed by atoms with Crippen LogP contribution in [0.1, 0.15) is 33.5 Å². The van der Waals surface area contributed by atoms with Crippen LogP contribution in [0.15, 0.2) is 34.9 Å². The monoisotopic (exact) mass is 497 g/mol. The van der Waals surface area contributed by atoms with Gasteiger partial charge in [-0.15, -0.1) is 4.98 Å². The molecule has 1 aliphatic rings. The van der Waals surface area contributed by atoms with Crippen molar-refractivity contribution in [3.63, 3.8) is 0 Å². The van der Waals surface area contributed by atoms with E-state index in [4.69, 9.17) is 4.42 Å². The summed E-state index contributed by atoms with van der Waals surface area (Å²) in [6, 6.07) is 5.29. The number of nitrogens with one attached hydrogen (secondary N) is 5. The molecule has 1 atom stereocenters. The Kier molecular flexibility index (Phi) is 5.93. The molecule has 13 nitrogen and oxygen atoms in total. The van der Waals surface area contributed by atoms with Crippen LogP contribution in [0.4, 0.5) is 4.39 Å². The number of hydrogen-bond acceptors (Lipinski definition) is 8. The molecule has 5 rings (SSSR count). The minimum atomic E-state index is -0.881. The van der Waals surface area contributed by atoms with E-state index in [-0.39, 0.29) is 41.6 Å². The summed E-state index contributed by atoms with van der Waals surface area (Å²) in [5.74, 6) is -2.57. The highest BCUT2D eigenvalue weighted by molar-refractivity contribution is 6.00. The Balaban J connectivity index is 1.33. The van der Waals surface area contributed by atoms with E-state index in [1.807, 2.05) is 0 Å². The van der Waals surface area contributed by atoms with Crippen LogP contribution in [-0.2, 0) is 11.3 Å². The minimum absolute atomic E-state index is 0.00204. The molecule has 4 heterocycles. The van der Waals surface area contributed by atoms with Gasteiger partial charge in [0, 0.05) is 31.8 Å². The quantitative estimate of drug-likeness (QED) is 0.222. The second-order valence-corrected chi connectivity index (χ2v) is 8.36. The average molecular weight is 497 g/mol. The number of rotatable bonds is 7. The first-order chi connectivity index (χ1) is 17.3. The summed E-state index contributed by atoms with van der Waals surface area (Å²) >= 11 is 0. The zero-order valence-electron chi connectivity index (χ0n) is 19.0. The molecule has 1 aromatic carbocycles. The first-order valence-corrected chi connectivity index (χ1v) is 11.1. The average Bonchev–Trinajstić information content (AvgIpc) is 3.39. The van der Waals surface area contributed by atoms with Crippen LogP contribution in [-0.4, -0.2) is 62.6 Å². The number of fused-ring (bicyclic) bond motifs is 2. The standard InChI is InChI=1S/C22H21FN8O5/c1-10(19(32)28-12-7-24-8-12)27-21(34)16-5-15(29-18-13(23)9-26-31(16)18)20(33)25-6-11-2-3-17-14(4-11)30-22(35)36-17/h2-5,9-10,12,24H,6-8H2,1H3,(H,25,33)(H,27,34)(H,28,32)(H,30,35)/p+1/t10-/m0/s1. The van der Waals surface area contributed by atoms with Gasteiger partial charge in [0.15, 0.2) is 11.5 Å². The summed E-state index contributed by atoms with van der Waals surface area (Å²) in [5.41, 5.74) is 0.973. The Labute approximate surface area is 202 Å². The van der Waals surface area contributed by atoms with Crippen molar-refractivity contribution in [2.75, 3.05) is 13.1 Å². The Morgan fingerprint density at radius 2 is 2.11 bits per heavy atom. The van der Waals surface area contributed by atoms with Gasteiger partial charge < -0.3 is 30.8 Å². The van der Waals surface area contributed by atoms with Crippen LogP contribution in [0, 0.1) is 5.82 Å². The maximum atomic E-state index is 14.3. The molecule has 1 saturated heterocycles. The molecule has 0 spiro atoms. The van der Waals surface area contributed by atoms with E-state index in [1.54, 1.807) is 18.2 Å². The molecule has 3 aromatic heterocycles. The van der Waals surface area contributed by atoms with Gasteiger partial charge in [-0.05, 0) is 18.6 Å². The van der Waals surface area contributed by atoms with Crippen LogP contribution in [0.5, 0.6) is 6.08 Å². The predicted octanol–water partition coefficient (Wildman–Crippen LogP) is -0.729. The van der Waals surface area contributed by atoms with Crippen LogP contribution in [0.2, 0.25) is 0 Å². The fourth-order valence-corrected chi connectivity index (χ4v) is 3.66. The normalized spacial score (nSPS) is 14.4. The van der Waals surface area contributed by atoms with Gasteiger partial charge in [-0.3, -0.25) is 14.4 Å². The van der Waals surface area contributed by atoms with E-state index in [2.05, 4.69) is 36.3 Å². The molecule has 4 aromatic rings. The van der Waals surface area contributed by atoms with E-state index in [1.165, 1.54) is 13.0 Å². The van der Waals surface area contributed by atoms with Crippen molar-refractivity contribution >= 4 is 34.5 Å². The molecule has 1 fully saturated rings. The fourth-order valence-electron chi connectivity index (χ4n) is 3.66. The molecule has 3 amide bonds. The van der Waals surface area contributed by atoms with Crippen LogP contribution in [0.3, 0.4) is 0 Å². The van der Waals surface area contributed by atoms with E-state index < -0.39 is 23.7 Å². The van der Waals surface area contributed by atoms with Gasteiger partial charge in [0.1, 0.15) is 17.4 Å². The van der Waals surface area contributed by atoms with Crippen LogP contribution in [0.25, 0.3) is 16.7 Å². The molecule has 0 saturated carbocycles. The maximum absolute atomic E-state index is 14.3. The van der Waals surface area contributed by atoms with E-state index >= 15 is 0 Å². The zero-order valence-corrected chi connectivity index (χ0v) is 19.0. The minimum Gasteiger partial charge on any atom is -0.429 e. The number of nitrogens with zero attached hydrogens (tertiary/aromatic N) is 3. The molecule has 36 heavy (non-hydrogen) atoms. The summed E-state index contributed by atoms with van der Waals surface area (Å²) in [6.07, 6.45) is 0.538. The number of benzene rings is 1. The Bertz CT molecular complexity index is 1490. The molecule has 1 aliphatic heterocycles. The number of carbonyl (C=O) groups is 3. The lowest BCUT2D eigenvalue weighted by molar-refractivity contribution is -0.374. The molecule has 0 radical (unpaired) electrons. The number of amides is 3. The molecule has 186 valence electrons. The number of aromatic amines is 1. The largest absolute Gasteiger partial charge is 0.556 e. The lowest BCUT2D eigenvalue weighted by Crippen LogP contribution is -2.60. The smallest absolute Gasteiger partial charge is 0.429 e. The third kappa shape index (κ3) is 4.53. The van der Waals surface area contributed by atoms with Crippen molar-refractivity contribution in [3.8, 4) is 6.08 Å². The lowest BCUT2D eigenvalue weighted by Gasteiger charge is -2.29. The Hall–Kier alpha value is -4.59. The number of halogens is 1. The van der Waals surface area contributed by atoms with E-state index in [0.29, 0.717) is 29.8 Å². The molecule has 6 N–H and O–H groups in total. The molecular formula is C22H22FN8O5+. The summed E-state index contributed by atoms with van der Waals surface area (Å²) in [5, 5.41) is 24.3. The van der Waals surface area contributed by atoms with Crippen molar-refractivity contribution in [1.82, 2.24) is 35.9 Å². The summed E-state index contributed by atoms with van der Waals surface area (Å²) in [7, 11) is 0. The van der Waals surface area contributed by atoms with Gasteiger partial charge >= 0.3 is 6.08 Å². The highest BCUT2D eigenvalue weighted by Gasteiger charge is 2.25. The lowest BCUT2D eigenvalue weighted by atomic mass is 10.1. The third-order valence-corrected chi connectivity index (χ3v) is 5.71. The number of carbonyl (C=O) groups excluding carboxylic acids is 3. The Morgan fingerprint density at radius 1 is 1.31 bits per heavy atom. The molecule has 0 bridgehead atoms. The van der Waals surface area contributed by atoms with Gasteiger partial charge in [-0.1, -0.05) is 6.07 Å². The van der Waals surface area contributed by atoms with Crippen molar-refractivity contribution in [1.29, 1.82) is 0 Å². The highest BCUT2D eigenvalue weighted by atomic mass is 19.1. The van der Waals surface area contributed by atoms with Gasteiger partial charge in [0.25, 0.3) is 17.3 Å². The van der Waals surface area contributed by atoms with Gasteiger partial charge in [-0.25, -0.2) is 13.9 Å². The summed E-state index contributed by atoms with van der Waals surface area (Å²) in [4.78, 5) is 44.8. The summed E-state index contributed by atoms with van der Waals surface area (Å²) < 4.78 is 20.3. The van der Waals surface area contributed by atoms with E-state index in [9.17, 15) is 23.9 Å². The highest BCUT2D eigenvalue weighted by Crippen LogP contribution is 2.17. The third-order valence-electron chi connectivity index (χ3n) is 5.71. The van der Waals surface area contributed by atoms with Gasteiger partial charge in [-0.2, -0.15) is 5.10 Å². The second kappa shape index (κ2) is 9.22. The van der Waals surface area contributed by atoms with Crippen LogP contribution < -0.4 is 26.3 Å². The summed E-state index contributed by atoms with van der Waals surface area (Å²) in [6.45, 7) is 2.90. The van der Waals surface area contributed by atoms with E-state index in [0.717, 1.165) is 10.7 Å². The first-order valence-electron chi connectivity index (χ1n) is 11.1. The SMILES string of the molecule is C[C@H](NC(=O)c1cc(C(=O)NCc2ccc3oc(O)[nH+]c3c2)nc2c(F)cnn12)C(=O)NC1CNC1. The maximum Gasteiger partial charge on any atom is 0.556 e. The van der Waals surface area contributed by atoms with Crippen molar-refractivity contribution in [3.05, 3.63) is 53.2 Å². The number of aromatic hydroxyl groups is 1. The van der Waals surface area contributed by atoms with Gasteiger partial charge in [0.05, 0.1) is 12.2 Å². The number of oxazole rings is 1. The molecule has 0 unspecified atom stereocenters.